The van der Waals surface area contributed by atoms with Crippen molar-refractivity contribution in [3.63, 3.8) is 0 Å². The molecule has 0 amide bonds. The Hall–Kier alpha value is -3.71. The van der Waals surface area contributed by atoms with Crippen LogP contribution in [0.4, 0.5) is 14.5 Å². The number of hydrogen-bond acceptors (Lipinski definition) is 7. The second kappa shape index (κ2) is 9.88. The zero-order valence-corrected chi connectivity index (χ0v) is 19.5. The molecule has 0 radical (unpaired) electrons. The van der Waals surface area contributed by atoms with Gasteiger partial charge in [0.1, 0.15) is 5.82 Å². The topological polar surface area (TPSA) is 131 Å². The highest BCUT2D eigenvalue weighted by Crippen LogP contribution is 2.24. The number of halogens is 2. The van der Waals surface area contributed by atoms with E-state index in [9.17, 15) is 22.0 Å². The van der Waals surface area contributed by atoms with Crippen molar-refractivity contribution in [3.8, 4) is 11.3 Å². The van der Waals surface area contributed by atoms with E-state index < -0.39 is 38.7 Å². The molecule has 0 aliphatic carbocycles. The van der Waals surface area contributed by atoms with Gasteiger partial charge in [-0.25, -0.2) is 26.7 Å². The number of aliphatic hydroxyl groups excluding tert-OH is 1. The molecule has 2 N–H and O–H groups in total. The smallest absolute Gasteiger partial charge is 0.232 e. The highest BCUT2D eigenvalue weighted by atomic mass is 32.2. The van der Waals surface area contributed by atoms with Gasteiger partial charge in [-0.1, -0.05) is 6.92 Å². The highest BCUT2D eigenvalue weighted by Gasteiger charge is 2.23. The Labute approximate surface area is 199 Å². The van der Waals surface area contributed by atoms with Gasteiger partial charge in [0.25, 0.3) is 0 Å². The molecule has 35 heavy (non-hydrogen) atoms. The Morgan fingerprint density at radius 2 is 2.00 bits per heavy atom. The van der Waals surface area contributed by atoms with E-state index in [0.717, 1.165) is 12.1 Å². The van der Waals surface area contributed by atoms with Gasteiger partial charge >= 0.3 is 0 Å². The van der Waals surface area contributed by atoms with Crippen molar-refractivity contribution in [2.24, 2.45) is 0 Å². The number of nitrogens with one attached hydrogen (secondary N) is 1. The molecule has 0 unspecified atom stereocenters. The van der Waals surface area contributed by atoms with E-state index in [2.05, 4.69) is 19.9 Å². The molecule has 10 nitrogen and oxygen atoms in total. The number of nitrogens with zero attached hydrogens (tertiary/aromatic N) is 5. The number of ketones is 1. The van der Waals surface area contributed by atoms with Gasteiger partial charge < -0.3 is 5.11 Å². The summed E-state index contributed by atoms with van der Waals surface area (Å²) >= 11 is 0. The molecule has 1 aromatic carbocycles. The number of fused-ring (bicyclic) bond motifs is 1. The molecule has 0 aliphatic rings. The second-order valence-corrected chi connectivity index (χ2v) is 9.66. The van der Waals surface area contributed by atoms with Crippen molar-refractivity contribution >= 4 is 27.1 Å². The van der Waals surface area contributed by atoms with Crippen LogP contribution in [0.3, 0.4) is 0 Å². The standard InChI is InChI=1S/C22H22F2N6O4S/c1-2-7-35(33,34)28-17-4-3-16(23)21(22(17)24)19(32)8-14-10-25-20-9-18(27-30(20)12-14)15-11-26-29(13-15)5-6-31/h3-4,9-13,28,31H,2,5-8H2,1H3. The fourth-order valence-corrected chi connectivity index (χ4v) is 4.65. The van der Waals surface area contributed by atoms with E-state index in [1.165, 1.54) is 16.9 Å². The zero-order valence-electron chi connectivity index (χ0n) is 18.6. The molecule has 0 spiro atoms. The number of carbonyl (C=O) groups excluding carboxylic acids is 1. The van der Waals surface area contributed by atoms with Crippen molar-refractivity contribution in [2.75, 3.05) is 17.1 Å². The molecule has 0 saturated heterocycles. The van der Waals surface area contributed by atoms with Crippen molar-refractivity contribution in [1.29, 1.82) is 0 Å². The summed E-state index contributed by atoms with van der Waals surface area (Å²) in [6, 6.07) is 3.49. The summed E-state index contributed by atoms with van der Waals surface area (Å²) in [5.74, 6) is -3.49. The van der Waals surface area contributed by atoms with Crippen molar-refractivity contribution in [2.45, 2.75) is 26.3 Å². The van der Waals surface area contributed by atoms with E-state index in [1.807, 2.05) is 0 Å². The van der Waals surface area contributed by atoms with Crippen LogP contribution >= 0.6 is 0 Å². The number of hydrogen-bond donors (Lipinski definition) is 2. The number of Topliss-reactive ketones (excluding diaryl/α,β-unsaturated/α-hetero) is 1. The molecule has 3 heterocycles. The second-order valence-electron chi connectivity index (χ2n) is 7.82. The number of sulfonamides is 1. The van der Waals surface area contributed by atoms with Crippen LogP contribution in [0.1, 0.15) is 29.3 Å². The van der Waals surface area contributed by atoms with Gasteiger partial charge in [0.15, 0.2) is 17.2 Å². The van der Waals surface area contributed by atoms with Gasteiger partial charge in [0.2, 0.25) is 10.0 Å². The molecule has 3 aromatic heterocycles. The Balaban J connectivity index is 1.58. The lowest BCUT2D eigenvalue weighted by atomic mass is 10.0. The van der Waals surface area contributed by atoms with E-state index in [-0.39, 0.29) is 18.8 Å². The average Bonchev–Trinajstić information content (AvgIpc) is 3.42. The molecular weight excluding hydrogens is 482 g/mol. The van der Waals surface area contributed by atoms with Crippen LogP contribution in [0.25, 0.3) is 16.9 Å². The number of aromatic nitrogens is 5. The normalized spacial score (nSPS) is 11.8. The van der Waals surface area contributed by atoms with Gasteiger partial charge in [-0.15, -0.1) is 0 Å². The SMILES string of the molecule is CCCS(=O)(=O)Nc1ccc(F)c(C(=O)Cc2cnc3cc(-c4cnn(CCO)c4)nn3c2)c1F. The first-order chi connectivity index (χ1) is 16.7. The summed E-state index contributed by atoms with van der Waals surface area (Å²) in [7, 11) is -3.83. The van der Waals surface area contributed by atoms with Crippen LogP contribution in [-0.4, -0.2) is 56.0 Å². The number of benzene rings is 1. The van der Waals surface area contributed by atoms with Crippen molar-refractivity contribution in [3.05, 3.63) is 65.7 Å². The summed E-state index contributed by atoms with van der Waals surface area (Å²) in [5.41, 5.74) is 0.775. The van der Waals surface area contributed by atoms with Crippen molar-refractivity contribution < 1.29 is 27.1 Å². The lowest BCUT2D eigenvalue weighted by Crippen LogP contribution is -2.19. The third kappa shape index (κ3) is 5.35. The van der Waals surface area contributed by atoms with Crippen LogP contribution in [0.15, 0.2) is 43.0 Å². The van der Waals surface area contributed by atoms with E-state index >= 15 is 0 Å². The quantitative estimate of drug-likeness (QED) is 0.317. The average molecular weight is 505 g/mol. The predicted octanol–water partition coefficient (Wildman–Crippen LogP) is 2.44. The van der Waals surface area contributed by atoms with Crippen LogP contribution < -0.4 is 4.72 Å². The molecule has 13 heteroatoms. The lowest BCUT2D eigenvalue weighted by molar-refractivity contribution is 0.0984. The minimum Gasteiger partial charge on any atom is -0.394 e. The third-order valence-electron chi connectivity index (χ3n) is 5.10. The summed E-state index contributed by atoms with van der Waals surface area (Å²) in [4.78, 5) is 17.0. The minimum atomic E-state index is -3.83. The molecule has 0 bridgehead atoms. The Morgan fingerprint density at radius 3 is 2.74 bits per heavy atom. The first-order valence-electron chi connectivity index (χ1n) is 10.7. The first kappa shape index (κ1) is 24.4. The molecule has 0 saturated carbocycles. The lowest BCUT2D eigenvalue weighted by Gasteiger charge is -2.11. The Morgan fingerprint density at radius 1 is 1.20 bits per heavy atom. The Kier molecular flexibility index (Phi) is 6.89. The fraction of sp³-hybridized carbons (Fsp3) is 0.273. The minimum absolute atomic E-state index is 0.0556. The zero-order chi connectivity index (χ0) is 25.2. The molecule has 0 fully saturated rings. The monoisotopic (exact) mass is 504 g/mol. The van der Waals surface area contributed by atoms with Gasteiger partial charge in [-0.2, -0.15) is 10.2 Å². The highest BCUT2D eigenvalue weighted by molar-refractivity contribution is 7.92. The number of carbonyl (C=O) groups is 1. The summed E-state index contributed by atoms with van der Waals surface area (Å²) < 4.78 is 58.3. The first-order valence-corrected chi connectivity index (χ1v) is 12.4. The van der Waals surface area contributed by atoms with E-state index in [1.54, 1.807) is 30.1 Å². The largest absolute Gasteiger partial charge is 0.394 e. The van der Waals surface area contributed by atoms with Crippen LogP contribution in [-0.2, 0) is 23.0 Å². The maximum absolute atomic E-state index is 14.9. The van der Waals surface area contributed by atoms with Gasteiger partial charge in [0.05, 0.1) is 42.0 Å². The van der Waals surface area contributed by atoms with Crippen LogP contribution in [0.5, 0.6) is 0 Å². The molecule has 4 rings (SSSR count). The fourth-order valence-electron chi connectivity index (χ4n) is 3.52. The van der Waals surface area contributed by atoms with Gasteiger partial charge in [-0.3, -0.25) is 14.2 Å². The summed E-state index contributed by atoms with van der Waals surface area (Å²) in [6.45, 7) is 1.93. The van der Waals surface area contributed by atoms with Gasteiger partial charge in [0, 0.05) is 36.6 Å². The van der Waals surface area contributed by atoms with Gasteiger partial charge in [-0.05, 0) is 24.1 Å². The maximum Gasteiger partial charge on any atom is 0.232 e. The van der Waals surface area contributed by atoms with Crippen LogP contribution in [0.2, 0.25) is 0 Å². The molecular formula is C22H22F2N6O4S. The summed E-state index contributed by atoms with van der Waals surface area (Å²) in [5, 5.41) is 17.6. The Bertz CT molecular complexity index is 1500. The van der Waals surface area contributed by atoms with E-state index in [0.29, 0.717) is 35.4 Å². The van der Waals surface area contributed by atoms with Crippen molar-refractivity contribution in [1.82, 2.24) is 24.4 Å². The molecule has 0 aliphatic heterocycles. The van der Waals surface area contributed by atoms with E-state index in [4.69, 9.17) is 5.11 Å². The molecule has 184 valence electrons. The maximum atomic E-state index is 14.9. The number of rotatable bonds is 10. The third-order valence-corrected chi connectivity index (χ3v) is 6.57. The predicted molar refractivity (Wildman–Crippen MR) is 123 cm³/mol. The summed E-state index contributed by atoms with van der Waals surface area (Å²) in [6.07, 6.45) is 6.15. The molecule has 4 aromatic rings. The van der Waals surface area contributed by atoms with Crippen LogP contribution in [0, 0.1) is 11.6 Å². The number of aliphatic hydroxyl groups is 1. The molecule has 0 atom stereocenters. The number of anilines is 1.